The molecule has 0 saturated carbocycles. The molecule has 0 N–H and O–H groups in total. The molecule has 4 heterocycles. The van der Waals surface area contributed by atoms with Crippen LogP contribution in [0.4, 0.5) is 0 Å². The van der Waals surface area contributed by atoms with Gasteiger partial charge >= 0.3 is 0 Å². The van der Waals surface area contributed by atoms with E-state index in [9.17, 15) is 0 Å². The number of para-hydroxylation sites is 2. The van der Waals surface area contributed by atoms with Gasteiger partial charge in [-0.05, 0) is 41.1 Å². The molecule has 212 valence electrons. The molecule has 46 heavy (non-hydrogen) atoms. The fraction of sp³-hybridized carbons (Fsp3) is 0. The van der Waals surface area contributed by atoms with Gasteiger partial charge < -0.3 is 4.40 Å². The van der Waals surface area contributed by atoms with Crippen LogP contribution in [-0.4, -0.2) is 18.9 Å². The summed E-state index contributed by atoms with van der Waals surface area (Å²) in [5.41, 5.74) is 9.61. The Morgan fingerprint density at radius 2 is 1.07 bits per heavy atom. The summed E-state index contributed by atoms with van der Waals surface area (Å²) < 4.78 is 4.84. The van der Waals surface area contributed by atoms with E-state index < -0.39 is 0 Å². The average Bonchev–Trinajstić information content (AvgIpc) is 3.60. The number of hydrogen-bond donors (Lipinski definition) is 0. The number of fused-ring (bicyclic) bond motifs is 9. The Labute approximate surface area is 262 Å². The summed E-state index contributed by atoms with van der Waals surface area (Å²) in [7, 11) is 0. The summed E-state index contributed by atoms with van der Waals surface area (Å²) in [5, 5.41) is 9.73. The third-order valence-electron chi connectivity index (χ3n) is 9.82. The van der Waals surface area contributed by atoms with Crippen molar-refractivity contribution in [1.82, 2.24) is 18.9 Å². The smallest absolute Gasteiger partial charge is 0.165 e. The molecule has 0 saturated heterocycles. The van der Waals surface area contributed by atoms with Gasteiger partial charge in [0.15, 0.2) is 5.82 Å². The highest BCUT2D eigenvalue weighted by Gasteiger charge is 2.25. The van der Waals surface area contributed by atoms with Crippen LogP contribution in [0.2, 0.25) is 0 Å². The van der Waals surface area contributed by atoms with E-state index in [0.717, 1.165) is 49.9 Å². The highest BCUT2D eigenvalue weighted by atomic mass is 15.1. The summed E-state index contributed by atoms with van der Waals surface area (Å²) in [6.45, 7) is 0. The number of hydrogen-bond acceptors (Lipinski definition) is 2. The molecule has 0 atom stereocenters. The van der Waals surface area contributed by atoms with Gasteiger partial charge in [0.05, 0.1) is 38.6 Å². The fourth-order valence-corrected chi connectivity index (χ4v) is 7.92. The Morgan fingerprint density at radius 1 is 0.413 bits per heavy atom. The molecule has 11 aromatic rings. The molecule has 4 nitrogen and oxygen atoms in total. The molecule has 0 spiro atoms. The molecule has 0 aliphatic rings. The van der Waals surface area contributed by atoms with Crippen molar-refractivity contribution in [2.45, 2.75) is 0 Å². The highest BCUT2D eigenvalue weighted by Crippen LogP contribution is 2.46. The van der Waals surface area contributed by atoms with Gasteiger partial charge in [-0.1, -0.05) is 115 Å². The Bertz CT molecular complexity index is 3020. The maximum absolute atomic E-state index is 5.55. The van der Waals surface area contributed by atoms with E-state index in [1.54, 1.807) is 0 Å². The normalized spacial score (nSPS) is 12.3. The molecule has 4 heteroatoms. The maximum atomic E-state index is 5.55. The second-order valence-electron chi connectivity index (χ2n) is 12.2. The Hall–Kier alpha value is -6.26. The van der Waals surface area contributed by atoms with Crippen molar-refractivity contribution in [3.63, 3.8) is 0 Å². The van der Waals surface area contributed by atoms with Gasteiger partial charge in [0.2, 0.25) is 0 Å². The zero-order chi connectivity index (χ0) is 29.9. The highest BCUT2D eigenvalue weighted by molar-refractivity contribution is 6.33. The summed E-state index contributed by atoms with van der Waals surface area (Å²) in [6, 6.07) is 52.1. The van der Waals surface area contributed by atoms with Crippen molar-refractivity contribution in [3.05, 3.63) is 146 Å². The summed E-state index contributed by atoms with van der Waals surface area (Å²) >= 11 is 0. The van der Waals surface area contributed by atoms with Gasteiger partial charge in [-0.15, -0.1) is 0 Å². The standard InChI is InChI=1S/C42H24N4/c1-2-12-26(13-3-1)39-42(44-40-27-14-5-4-11-25(27)21-23-32(40)43-39)46-35-20-10-17-30-28-15-6-8-18-33(28)45-34-19-9-7-16-29(34)31-22-24-36(46)38(37(30)35)41(31)45/h1-24H. The molecule has 0 bridgehead atoms. The molecular weight excluding hydrogens is 560 g/mol. The van der Waals surface area contributed by atoms with Gasteiger partial charge in [-0.2, -0.15) is 0 Å². The van der Waals surface area contributed by atoms with E-state index in [2.05, 4.69) is 155 Å². The van der Waals surface area contributed by atoms with Crippen molar-refractivity contribution in [2.24, 2.45) is 0 Å². The predicted molar refractivity (Wildman–Crippen MR) is 191 cm³/mol. The topological polar surface area (TPSA) is 35.1 Å². The van der Waals surface area contributed by atoms with Crippen LogP contribution in [0.3, 0.4) is 0 Å². The lowest BCUT2D eigenvalue weighted by atomic mass is 10.0. The zero-order valence-electron chi connectivity index (χ0n) is 24.6. The van der Waals surface area contributed by atoms with E-state index >= 15 is 0 Å². The van der Waals surface area contributed by atoms with Crippen LogP contribution in [0.5, 0.6) is 0 Å². The van der Waals surface area contributed by atoms with E-state index in [-0.39, 0.29) is 0 Å². The quantitative estimate of drug-likeness (QED) is 0.190. The van der Waals surface area contributed by atoms with Gasteiger partial charge in [0, 0.05) is 37.9 Å². The third kappa shape index (κ3) is 2.98. The zero-order valence-corrected chi connectivity index (χ0v) is 24.6. The molecule has 0 unspecified atom stereocenters. The third-order valence-corrected chi connectivity index (χ3v) is 9.82. The minimum absolute atomic E-state index is 0.836. The van der Waals surface area contributed by atoms with Crippen molar-refractivity contribution in [1.29, 1.82) is 0 Å². The Morgan fingerprint density at radius 3 is 1.89 bits per heavy atom. The average molecular weight is 585 g/mol. The maximum Gasteiger partial charge on any atom is 0.165 e. The molecule has 0 radical (unpaired) electrons. The first-order valence-corrected chi connectivity index (χ1v) is 15.7. The molecular formula is C42H24N4. The molecule has 0 aliphatic carbocycles. The van der Waals surface area contributed by atoms with Gasteiger partial charge in [-0.25, -0.2) is 9.97 Å². The summed E-state index contributed by atoms with van der Waals surface area (Å²) in [4.78, 5) is 10.9. The lowest BCUT2D eigenvalue weighted by molar-refractivity contribution is 1.08. The first-order valence-electron chi connectivity index (χ1n) is 15.7. The molecule has 4 aromatic heterocycles. The number of nitrogens with zero attached hydrogens (tertiary/aromatic N) is 4. The second kappa shape index (κ2) is 8.68. The van der Waals surface area contributed by atoms with E-state index in [4.69, 9.17) is 9.97 Å². The first kappa shape index (κ1) is 24.1. The number of aromatic nitrogens is 4. The number of benzene rings is 7. The SMILES string of the molecule is c1ccc(-c2nc3ccc4ccccc4c3nc2-n2c3cccc4c5ccccc5n5c6ccccc6c6ccc2c(c43)c65)cc1. The predicted octanol–water partition coefficient (Wildman–Crippen LogP) is 10.7. The summed E-state index contributed by atoms with van der Waals surface area (Å²) in [6.07, 6.45) is 0. The molecule has 7 aromatic carbocycles. The van der Waals surface area contributed by atoms with Crippen molar-refractivity contribution >= 4 is 81.7 Å². The Kier molecular flexibility index (Phi) is 4.55. The number of rotatable bonds is 2. The van der Waals surface area contributed by atoms with Crippen LogP contribution >= 0.6 is 0 Å². The molecule has 11 rings (SSSR count). The van der Waals surface area contributed by atoms with Crippen LogP contribution in [0.1, 0.15) is 0 Å². The minimum atomic E-state index is 0.836. The van der Waals surface area contributed by atoms with E-state index in [1.165, 1.54) is 48.9 Å². The van der Waals surface area contributed by atoms with Crippen LogP contribution < -0.4 is 0 Å². The summed E-state index contributed by atoms with van der Waals surface area (Å²) in [5.74, 6) is 0.836. The van der Waals surface area contributed by atoms with Crippen LogP contribution in [0.25, 0.3) is 98.8 Å². The van der Waals surface area contributed by atoms with E-state index in [1.807, 2.05) is 0 Å². The molecule has 0 amide bonds. The van der Waals surface area contributed by atoms with Crippen LogP contribution in [0, 0.1) is 0 Å². The van der Waals surface area contributed by atoms with E-state index in [0.29, 0.717) is 0 Å². The van der Waals surface area contributed by atoms with Crippen LogP contribution in [0.15, 0.2) is 146 Å². The van der Waals surface area contributed by atoms with Crippen LogP contribution in [-0.2, 0) is 0 Å². The Balaban J connectivity index is 1.42. The van der Waals surface area contributed by atoms with Gasteiger partial charge in [0.25, 0.3) is 0 Å². The molecule has 0 aliphatic heterocycles. The largest absolute Gasteiger partial charge is 0.308 e. The van der Waals surface area contributed by atoms with Crippen molar-refractivity contribution in [3.8, 4) is 17.1 Å². The van der Waals surface area contributed by atoms with Gasteiger partial charge in [0.1, 0.15) is 5.69 Å². The lowest BCUT2D eigenvalue weighted by Gasteiger charge is -2.15. The van der Waals surface area contributed by atoms with Gasteiger partial charge in [-0.3, -0.25) is 4.57 Å². The lowest BCUT2D eigenvalue weighted by Crippen LogP contribution is -2.04. The monoisotopic (exact) mass is 584 g/mol. The second-order valence-corrected chi connectivity index (χ2v) is 12.2. The minimum Gasteiger partial charge on any atom is -0.308 e. The van der Waals surface area contributed by atoms with Crippen molar-refractivity contribution in [2.75, 3.05) is 0 Å². The first-order chi connectivity index (χ1) is 22.8. The fourth-order valence-electron chi connectivity index (χ4n) is 7.92. The molecule has 0 fully saturated rings. The van der Waals surface area contributed by atoms with Crippen molar-refractivity contribution < 1.29 is 0 Å².